The Kier molecular flexibility index (Phi) is 7.36. The first-order valence-electron chi connectivity index (χ1n) is 10.2. The monoisotopic (exact) mass is 540 g/mol. The van der Waals surface area contributed by atoms with E-state index in [1.165, 1.54) is 28.9 Å². The van der Waals surface area contributed by atoms with Gasteiger partial charge >= 0.3 is 6.36 Å². The Morgan fingerprint density at radius 1 is 1.00 bits per heavy atom. The fourth-order valence-electron chi connectivity index (χ4n) is 3.09. The number of benzene rings is 3. The lowest BCUT2D eigenvalue weighted by Crippen LogP contribution is -2.17. The Balaban J connectivity index is 1.51. The Morgan fingerprint density at radius 3 is 2.44 bits per heavy atom. The minimum atomic E-state index is -4.81. The van der Waals surface area contributed by atoms with Crippen LogP contribution in [0.2, 0.25) is 5.02 Å². The highest BCUT2D eigenvalue weighted by atomic mass is 35.5. The van der Waals surface area contributed by atoms with Crippen molar-refractivity contribution in [2.24, 2.45) is 0 Å². The molecule has 7 nitrogen and oxygen atoms in total. The second-order valence-electron chi connectivity index (χ2n) is 7.25. The molecule has 36 heavy (non-hydrogen) atoms. The molecule has 2 N–H and O–H groups in total. The van der Waals surface area contributed by atoms with Gasteiger partial charge in [-0.3, -0.25) is 9.44 Å². The average molecular weight is 541 g/mol. The van der Waals surface area contributed by atoms with E-state index in [1.807, 2.05) is 0 Å². The molecule has 0 spiro atoms. The first-order valence-corrected chi connectivity index (χ1v) is 11.7. The Morgan fingerprint density at radius 2 is 1.72 bits per heavy atom. The number of hydrogen-bond donors (Lipinski definition) is 2. The molecule has 0 aliphatic rings. The van der Waals surface area contributed by atoms with Gasteiger partial charge in [0, 0.05) is 11.8 Å². The van der Waals surface area contributed by atoms with Crippen molar-refractivity contribution in [1.29, 1.82) is 0 Å². The van der Waals surface area contributed by atoms with Crippen molar-refractivity contribution in [2.75, 3.05) is 9.44 Å². The molecule has 0 amide bonds. The molecule has 1 unspecified atom stereocenters. The molecule has 0 fully saturated rings. The normalized spacial score (nSPS) is 12.2. The zero-order valence-electron chi connectivity index (χ0n) is 18.3. The topological polar surface area (TPSA) is 77.4 Å². The smallest absolute Gasteiger partial charge is 0.437 e. The number of para-hydroxylation sites is 2. The highest BCUT2D eigenvalue weighted by Gasteiger charge is 2.31. The number of anilines is 2. The van der Waals surface area contributed by atoms with Crippen LogP contribution in [-0.2, 0) is 11.2 Å². The van der Waals surface area contributed by atoms with Gasteiger partial charge in [0.25, 0.3) is 0 Å². The third-order valence-corrected chi connectivity index (χ3v) is 5.68. The van der Waals surface area contributed by atoms with Crippen molar-refractivity contribution in [2.45, 2.75) is 13.3 Å². The van der Waals surface area contributed by atoms with E-state index < -0.39 is 29.1 Å². The molecule has 4 rings (SSSR count). The second-order valence-corrected chi connectivity index (χ2v) is 8.60. The lowest BCUT2D eigenvalue weighted by molar-refractivity contribution is -0.274. The zero-order valence-corrected chi connectivity index (χ0v) is 19.9. The van der Waals surface area contributed by atoms with Crippen molar-refractivity contribution >= 4 is 34.1 Å². The molecule has 188 valence electrons. The van der Waals surface area contributed by atoms with E-state index in [-0.39, 0.29) is 28.0 Å². The van der Waals surface area contributed by atoms with Crippen molar-refractivity contribution in [1.82, 2.24) is 9.78 Å². The summed E-state index contributed by atoms with van der Waals surface area (Å²) >= 11 is 4.00. The maximum absolute atomic E-state index is 14.6. The summed E-state index contributed by atoms with van der Waals surface area (Å²) in [4.78, 5) is 0. The molecular weight excluding hydrogens is 524 g/mol. The highest BCUT2D eigenvalue weighted by Crippen LogP contribution is 2.33. The number of hydrogen-bond acceptors (Lipinski definition) is 4. The van der Waals surface area contributed by atoms with Gasteiger partial charge in [0.05, 0.1) is 16.4 Å². The van der Waals surface area contributed by atoms with Crippen LogP contribution in [0.25, 0.3) is 5.69 Å². The number of ether oxygens (including phenoxy) is 2. The summed E-state index contributed by atoms with van der Waals surface area (Å²) in [6.07, 6.45) is -4.81. The SMILES string of the molecule is Cc1cc(Oc2ccccc2NS(=O)Nc2ccc(OC(F)(F)F)cc2)n(-c2cccc(Cl)c2F)n1. The van der Waals surface area contributed by atoms with Gasteiger partial charge in [-0.25, -0.2) is 8.60 Å². The van der Waals surface area contributed by atoms with E-state index in [0.717, 1.165) is 12.1 Å². The number of alkyl halides is 3. The standard InChI is InChI=1S/C23H17ClF4N4O3S/c1-14-13-21(32(29-14)19-7-4-5-17(24)22(19)25)34-20-8-3-2-6-18(20)31-36(33)30-15-9-11-16(12-10-15)35-23(26,27)28/h2-13,30-31H,1H3. The highest BCUT2D eigenvalue weighted by molar-refractivity contribution is 7.87. The minimum absolute atomic E-state index is 0.0758. The molecule has 0 saturated heterocycles. The number of aryl methyl sites for hydroxylation is 1. The van der Waals surface area contributed by atoms with E-state index in [4.69, 9.17) is 16.3 Å². The summed E-state index contributed by atoms with van der Waals surface area (Å²) in [6, 6.07) is 17.4. The van der Waals surface area contributed by atoms with Crippen LogP contribution in [-0.4, -0.2) is 20.4 Å². The lowest BCUT2D eigenvalue weighted by atomic mass is 10.3. The van der Waals surface area contributed by atoms with Crippen LogP contribution >= 0.6 is 11.6 Å². The van der Waals surface area contributed by atoms with Gasteiger partial charge in [0.1, 0.15) is 11.4 Å². The average Bonchev–Trinajstić information content (AvgIpc) is 3.17. The summed E-state index contributed by atoms with van der Waals surface area (Å²) in [7, 11) is 0. The van der Waals surface area contributed by atoms with E-state index in [1.54, 1.807) is 43.3 Å². The first-order chi connectivity index (χ1) is 17.1. The molecule has 1 atom stereocenters. The number of rotatable bonds is 8. The molecule has 0 radical (unpaired) electrons. The van der Waals surface area contributed by atoms with Crippen molar-refractivity contribution in [3.05, 3.63) is 89.3 Å². The summed E-state index contributed by atoms with van der Waals surface area (Å²) in [5.74, 6) is -0.642. The van der Waals surface area contributed by atoms with Gasteiger partial charge in [-0.05, 0) is 55.5 Å². The largest absolute Gasteiger partial charge is 0.573 e. The quantitative estimate of drug-likeness (QED) is 0.242. The summed E-state index contributed by atoms with van der Waals surface area (Å²) in [6.45, 7) is 1.71. The third kappa shape index (κ3) is 6.26. The van der Waals surface area contributed by atoms with Crippen molar-refractivity contribution in [3.63, 3.8) is 0 Å². The molecule has 0 aliphatic heterocycles. The lowest BCUT2D eigenvalue weighted by Gasteiger charge is -2.15. The summed E-state index contributed by atoms with van der Waals surface area (Å²) in [5.41, 5.74) is 1.23. The molecule has 1 heterocycles. The maximum atomic E-state index is 14.6. The van der Waals surface area contributed by atoms with E-state index in [2.05, 4.69) is 19.3 Å². The molecular formula is C23H17ClF4N4O3S. The minimum Gasteiger partial charge on any atom is -0.437 e. The fourth-order valence-corrected chi connectivity index (χ4v) is 4.03. The molecule has 13 heteroatoms. The molecule has 1 aromatic heterocycles. The van der Waals surface area contributed by atoms with Gasteiger partial charge in [-0.15, -0.1) is 13.2 Å². The van der Waals surface area contributed by atoms with Crippen LogP contribution in [0.15, 0.2) is 72.8 Å². The van der Waals surface area contributed by atoms with Crippen LogP contribution in [0.4, 0.5) is 28.9 Å². The number of nitrogens with one attached hydrogen (secondary N) is 2. The summed E-state index contributed by atoms with van der Waals surface area (Å²) in [5, 5.41) is 4.20. The Hall–Kier alpha value is -3.77. The Bertz CT molecular complexity index is 1400. The summed E-state index contributed by atoms with van der Waals surface area (Å²) < 4.78 is 80.5. The first kappa shape index (κ1) is 25.3. The zero-order chi connectivity index (χ0) is 25.9. The van der Waals surface area contributed by atoms with Gasteiger partial charge in [-0.2, -0.15) is 9.78 Å². The predicted molar refractivity (Wildman–Crippen MR) is 128 cm³/mol. The Labute approximate surface area is 210 Å². The number of nitrogens with zero attached hydrogens (tertiary/aromatic N) is 2. The van der Waals surface area contributed by atoms with Gasteiger partial charge < -0.3 is 9.47 Å². The molecule has 0 aliphatic carbocycles. The predicted octanol–water partition coefficient (Wildman–Crippen LogP) is 6.77. The van der Waals surface area contributed by atoms with E-state index in [0.29, 0.717) is 11.4 Å². The van der Waals surface area contributed by atoms with Crippen LogP contribution in [0.5, 0.6) is 17.4 Å². The van der Waals surface area contributed by atoms with E-state index >= 15 is 0 Å². The van der Waals surface area contributed by atoms with Crippen LogP contribution in [0.3, 0.4) is 0 Å². The molecule has 0 bridgehead atoms. The van der Waals surface area contributed by atoms with Gasteiger partial charge in [0.15, 0.2) is 11.6 Å². The molecule has 4 aromatic rings. The van der Waals surface area contributed by atoms with E-state index in [9.17, 15) is 21.8 Å². The fraction of sp³-hybridized carbons (Fsp3) is 0.0870. The van der Waals surface area contributed by atoms with Gasteiger partial charge in [-0.1, -0.05) is 29.8 Å². The maximum Gasteiger partial charge on any atom is 0.573 e. The van der Waals surface area contributed by atoms with Crippen LogP contribution in [0, 0.1) is 12.7 Å². The molecule has 3 aromatic carbocycles. The second kappa shape index (κ2) is 10.5. The number of halogens is 5. The third-order valence-electron chi connectivity index (χ3n) is 4.56. The molecule has 0 saturated carbocycles. The van der Waals surface area contributed by atoms with Crippen LogP contribution in [0.1, 0.15) is 5.69 Å². The van der Waals surface area contributed by atoms with Crippen LogP contribution < -0.4 is 18.9 Å². The van der Waals surface area contributed by atoms with Gasteiger partial charge in [0.2, 0.25) is 17.1 Å². The van der Waals surface area contributed by atoms with Crippen molar-refractivity contribution in [3.8, 4) is 23.1 Å². The number of aromatic nitrogens is 2. The van der Waals surface area contributed by atoms with Crippen molar-refractivity contribution < 1.29 is 31.2 Å².